The van der Waals surface area contributed by atoms with Crippen molar-refractivity contribution in [1.82, 2.24) is 20.0 Å². The lowest BCUT2D eigenvalue weighted by molar-refractivity contribution is -0.135. The molecule has 2 aromatic heterocycles. The summed E-state index contributed by atoms with van der Waals surface area (Å²) in [4.78, 5) is 4.24. The molecule has 5 nitrogen and oxygen atoms in total. The molecule has 0 aliphatic carbocycles. The maximum absolute atomic E-state index is 12.3. The molecule has 0 bridgehead atoms. The molecule has 1 N–H and O–H groups in total. The highest BCUT2D eigenvalue weighted by atomic mass is 79.9. The monoisotopic (exact) mass is 413 g/mol. The molecule has 0 atom stereocenters. The van der Waals surface area contributed by atoms with Gasteiger partial charge in [0.1, 0.15) is 5.52 Å². The minimum Gasteiger partial charge on any atom is -0.378 e. The summed E-state index contributed by atoms with van der Waals surface area (Å²) in [6.45, 7) is 0.716. The van der Waals surface area contributed by atoms with Gasteiger partial charge in [0.05, 0.1) is 27.9 Å². The van der Waals surface area contributed by atoms with Gasteiger partial charge < -0.3 is 5.32 Å². The third kappa shape index (κ3) is 4.47. The number of alkyl halides is 3. The quantitative estimate of drug-likeness (QED) is 0.644. The molecule has 0 saturated heterocycles. The van der Waals surface area contributed by atoms with Crippen LogP contribution in [-0.2, 0) is 13.1 Å². The van der Waals surface area contributed by atoms with Crippen molar-refractivity contribution in [3.8, 4) is 0 Å². The smallest absolute Gasteiger partial charge is 0.378 e. The predicted octanol–water partition coefficient (Wildman–Crippen LogP) is 4.54. The van der Waals surface area contributed by atoms with E-state index in [1.54, 1.807) is 12.3 Å². The largest absolute Gasteiger partial charge is 0.389 e. The lowest BCUT2D eigenvalue weighted by Gasteiger charge is -2.09. The minimum absolute atomic E-state index is 0.0285. The first-order chi connectivity index (χ1) is 11.9. The summed E-state index contributed by atoms with van der Waals surface area (Å²) < 4.78 is 39.0. The van der Waals surface area contributed by atoms with Crippen LogP contribution in [0.5, 0.6) is 0 Å². The van der Waals surface area contributed by atoms with Gasteiger partial charge in [0.2, 0.25) is 0 Å². The Labute approximate surface area is 150 Å². The van der Waals surface area contributed by atoms with Crippen molar-refractivity contribution < 1.29 is 13.2 Å². The van der Waals surface area contributed by atoms with Crippen molar-refractivity contribution in [2.75, 3.05) is 5.32 Å². The Morgan fingerprint density at radius 1 is 1.16 bits per heavy atom. The van der Waals surface area contributed by atoms with Crippen molar-refractivity contribution in [2.24, 2.45) is 0 Å². The zero-order valence-corrected chi connectivity index (χ0v) is 14.7. The van der Waals surface area contributed by atoms with Crippen LogP contribution in [0.2, 0.25) is 0 Å². The van der Waals surface area contributed by atoms with E-state index < -0.39 is 12.6 Å². The molecule has 3 aromatic rings. The Kier molecular flexibility index (Phi) is 5.22. The molecule has 0 amide bonds. The standard InChI is InChI=1S/C16H15BrF3N5/c17-14-12(22-10-11-4-1-2-8-21-11)5-6-13-15(14)23-24-25(13)9-3-7-16(18,19)20/h1-2,4-6,8,22H,3,7,9-10H2. The van der Waals surface area contributed by atoms with Gasteiger partial charge in [-0.25, -0.2) is 4.68 Å². The van der Waals surface area contributed by atoms with Crippen LogP contribution >= 0.6 is 15.9 Å². The van der Waals surface area contributed by atoms with E-state index in [-0.39, 0.29) is 13.0 Å². The number of hydrogen-bond acceptors (Lipinski definition) is 4. The number of aryl methyl sites for hydroxylation is 1. The number of halogens is 4. The molecule has 9 heteroatoms. The molecule has 3 rings (SSSR count). The van der Waals surface area contributed by atoms with Crippen LogP contribution in [0.25, 0.3) is 11.0 Å². The summed E-state index contributed by atoms with van der Waals surface area (Å²) in [5.74, 6) is 0. The highest BCUT2D eigenvalue weighted by molar-refractivity contribution is 9.10. The van der Waals surface area contributed by atoms with E-state index in [1.807, 2.05) is 24.3 Å². The topological polar surface area (TPSA) is 55.6 Å². The van der Waals surface area contributed by atoms with E-state index in [1.165, 1.54) is 4.68 Å². The van der Waals surface area contributed by atoms with Gasteiger partial charge in [-0.2, -0.15) is 13.2 Å². The van der Waals surface area contributed by atoms with E-state index in [9.17, 15) is 13.2 Å². The summed E-state index contributed by atoms with van der Waals surface area (Å²) in [6, 6.07) is 9.32. The number of nitrogens with zero attached hydrogens (tertiary/aromatic N) is 4. The molecule has 132 valence electrons. The number of fused-ring (bicyclic) bond motifs is 1. The Hall–Kier alpha value is -2.16. The Morgan fingerprint density at radius 2 is 2.00 bits per heavy atom. The van der Waals surface area contributed by atoms with Crippen LogP contribution in [0.1, 0.15) is 18.5 Å². The van der Waals surface area contributed by atoms with E-state index in [0.29, 0.717) is 17.6 Å². The molecule has 0 unspecified atom stereocenters. The second kappa shape index (κ2) is 7.38. The fourth-order valence-electron chi connectivity index (χ4n) is 2.42. The van der Waals surface area contributed by atoms with Crippen LogP contribution in [0.4, 0.5) is 18.9 Å². The molecular formula is C16H15BrF3N5. The highest BCUT2D eigenvalue weighted by Gasteiger charge is 2.26. The molecule has 0 spiro atoms. The fraction of sp³-hybridized carbons (Fsp3) is 0.312. The van der Waals surface area contributed by atoms with E-state index in [4.69, 9.17) is 0 Å². The van der Waals surface area contributed by atoms with Crippen LogP contribution in [-0.4, -0.2) is 26.2 Å². The van der Waals surface area contributed by atoms with Crippen molar-refractivity contribution >= 4 is 32.7 Å². The second-order valence-electron chi connectivity index (χ2n) is 5.50. The fourth-order valence-corrected chi connectivity index (χ4v) is 2.98. The molecular weight excluding hydrogens is 399 g/mol. The number of rotatable bonds is 6. The maximum Gasteiger partial charge on any atom is 0.389 e. The summed E-state index contributed by atoms with van der Waals surface area (Å²) in [7, 11) is 0. The normalized spacial score (nSPS) is 11.8. The van der Waals surface area contributed by atoms with Gasteiger partial charge in [-0.3, -0.25) is 4.98 Å². The summed E-state index contributed by atoms with van der Waals surface area (Å²) >= 11 is 3.49. The van der Waals surface area contributed by atoms with Crippen LogP contribution in [0, 0.1) is 0 Å². The summed E-state index contributed by atoms with van der Waals surface area (Å²) in [5, 5.41) is 11.3. The zero-order valence-electron chi connectivity index (χ0n) is 13.1. The van der Waals surface area contributed by atoms with Crippen LogP contribution < -0.4 is 5.32 Å². The average molecular weight is 414 g/mol. The van der Waals surface area contributed by atoms with Gasteiger partial charge >= 0.3 is 6.18 Å². The number of nitrogens with one attached hydrogen (secondary N) is 1. The first kappa shape index (κ1) is 17.7. The Balaban J connectivity index is 1.72. The lowest BCUT2D eigenvalue weighted by atomic mass is 10.2. The molecule has 1 aromatic carbocycles. The molecule has 0 saturated carbocycles. The number of aromatic nitrogens is 4. The van der Waals surface area contributed by atoms with Crippen molar-refractivity contribution in [1.29, 1.82) is 0 Å². The SMILES string of the molecule is FC(F)(F)CCCn1nnc2c(Br)c(NCc3ccccn3)ccc21. The van der Waals surface area contributed by atoms with Crippen LogP contribution in [0.3, 0.4) is 0 Å². The van der Waals surface area contributed by atoms with Crippen LogP contribution in [0.15, 0.2) is 41.0 Å². The molecule has 0 aliphatic rings. The Morgan fingerprint density at radius 3 is 2.72 bits per heavy atom. The molecule has 0 fully saturated rings. The molecule has 0 aliphatic heterocycles. The zero-order chi connectivity index (χ0) is 17.9. The van der Waals surface area contributed by atoms with E-state index in [2.05, 4.69) is 36.5 Å². The number of pyridine rings is 1. The molecule has 2 heterocycles. The third-order valence-electron chi connectivity index (χ3n) is 3.64. The number of benzene rings is 1. The first-order valence-corrected chi connectivity index (χ1v) is 8.45. The summed E-state index contributed by atoms with van der Waals surface area (Å²) in [6.07, 6.45) is -3.29. The van der Waals surface area contributed by atoms with Crippen molar-refractivity contribution in [3.05, 3.63) is 46.7 Å². The van der Waals surface area contributed by atoms with Gasteiger partial charge in [0.15, 0.2) is 0 Å². The predicted molar refractivity (Wildman–Crippen MR) is 92.1 cm³/mol. The molecule has 0 radical (unpaired) electrons. The molecule has 25 heavy (non-hydrogen) atoms. The first-order valence-electron chi connectivity index (χ1n) is 7.66. The van der Waals surface area contributed by atoms with Gasteiger partial charge in [0, 0.05) is 19.2 Å². The van der Waals surface area contributed by atoms with Crippen molar-refractivity contribution in [3.63, 3.8) is 0 Å². The maximum atomic E-state index is 12.3. The third-order valence-corrected chi connectivity index (χ3v) is 4.44. The minimum atomic E-state index is -4.15. The lowest BCUT2D eigenvalue weighted by Crippen LogP contribution is -2.10. The summed E-state index contributed by atoms with van der Waals surface area (Å²) in [5.41, 5.74) is 3.02. The van der Waals surface area contributed by atoms with Gasteiger partial charge in [-0.1, -0.05) is 11.3 Å². The van der Waals surface area contributed by atoms with E-state index in [0.717, 1.165) is 15.9 Å². The van der Waals surface area contributed by atoms with Gasteiger partial charge in [-0.05, 0) is 46.6 Å². The Bertz CT molecular complexity index is 848. The van der Waals surface area contributed by atoms with E-state index >= 15 is 0 Å². The van der Waals surface area contributed by atoms with Gasteiger partial charge in [-0.15, -0.1) is 5.10 Å². The highest BCUT2D eigenvalue weighted by Crippen LogP contribution is 2.30. The number of hydrogen-bond donors (Lipinski definition) is 1. The van der Waals surface area contributed by atoms with Gasteiger partial charge in [0.25, 0.3) is 0 Å². The van der Waals surface area contributed by atoms with Crippen molar-refractivity contribution in [2.45, 2.75) is 32.1 Å². The number of anilines is 1. The second-order valence-corrected chi connectivity index (χ2v) is 6.29. The average Bonchev–Trinajstić information content (AvgIpc) is 2.98.